The molecule has 2 N–H and O–H groups in total. The summed E-state index contributed by atoms with van der Waals surface area (Å²) < 4.78 is 17.4. The highest BCUT2D eigenvalue weighted by Crippen LogP contribution is 2.30. The van der Waals surface area contributed by atoms with E-state index in [1.807, 2.05) is 31.2 Å². The second-order valence-electron chi connectivity index (χ2n) is 9.54. The number of carboxylic acid groups (broad SMARTS) is 1. The summed E-state index contributed by atoms with van der Waals surface area (Å²) in [4.78, 5) is 30.5. The molecule has 0 saturated heterocycles. The number of carbonyl (C=O) groups excluding carboxylic acids is 1. The molecule has 0 atom stereocenters. The molecule has 0 unspecified atom stereocenters. The summed E-state index contributed by atoms with van der Waals surface area (Å²) in [6.45, 7) is 3.43. The van der Waals surface area contributed by atoms with Crippen LogP contribution in [0.2, 0.25) is 0 Å². The van der Waals surface area contributed by atoms with E-state index in [0.717, 1.165) is 23.3 Å². The predicted molar refractivity (Wildman–Crippen MR) is 139 cm³/mol. The van der Waals surface area contributed by atoms with Gasteiger partial charge in [-0.1, -0.05) is 30.1 Å². The molecule has 10 heteroatoms. The standard InChI is InChI=1S/C28H34N4O6/c1-19-16-20(9-11-24(19)36-15-5-13-29-17-23(33)28(34)35)10-12-25-31-27(38-32-25)22-8-4-14-30-26(22)37-18-21-6-2-3-7-21/h4,8-9,11,14,16,21,29H,2-3,5-7,10,12-13,15,17-18H2,1H3,(H,34,35). The molecule has 1 aliphatic carbocycles. The Labute approximate surface area is 221 Å². The Morgan fingerprint density at radius 3 is 2.79 bits per heavy atom. The molecule has 0 radical (unpaired) electrons. The van der Waals surface area contributed by atoms with Gasteiger partial charge >= 0.3 is 5.97 Å². The topological polar surface area (TPSA) is 137 Å². The number of ketones is 1. The molecule has 1 fully saturated rings. The van der Waals surface area contributed by atoms with E-state index in [1.54, 1.807) is 6.20 Å². The lowest BCUT2D eigenvalue weighted by Gasteiger charge is -2.11. The number of Topliss-reactive ketones (excluding diaryl/α,β-unsaturated/α-hetero) is 1. The zero-order chi connectivity index (χ0) is 26.7. The first-order chi connectivity index (χ1) is 18.5. The molecule has 38 heavy (non-hydrogen) atoms. The van der Waals surface area contributed by atoms with Crippen LogP contribution in [0.15, 0.2) is 41.1 Å². The molecule has 0 amide bonds. The highest BCUT2D eigenvalue weighted by Gasteiger charge is 2.19. The number of aryl methyl sites for hydroxylation is 3. The fourth-order valence-electron chi connectivity index (χ4n) is 4.45. The van der Waals surface area contributed by atoms with Crippen LogP contribution in [0, 0.1) is 12.8 Å². The average Bonchev–Trinajstić information content (AvgIpc) is 3.61. The van der Waals surface area contributed by atoms with Crippen molar-refractivity contribution < 1.29 is 28.7 Å². The number of carboxylic acids is 1. The number of nitrogens with zero attached hydrogens (tertiary/aromatic N) is 3. The lowest BCUT2D eigenvalue weighted by Crippen LogP contribution is -2.29. The van der Waals surface area contributed by atoms with Gasteiger partial charge in [0.05, 0.1) is 19.8 Å². The molecule has 3 aromatic rings. The van der Waals surface area contributed by atoms with Crippen molar-refractivity contribution >= 4 is 11.8 Å². The summed E-state index contributed by atoms with van der Waals surface area (Å²) in [5.41, 5.74) is 2.87. The van der Waals surface area contributed by atoms with Crippen molar-refractivity contribution in [1.29, 1.82) is 0 Å². The van der Waals surface area contributed by atoms with Crippen LogP contribution in [-0.4, -0.2) is 58.3 Å². The van der Waals surface area contributed by atoms with Gasteiger partial charge in [-0.3, -0.25) is 4.79 Å². The Morgan fingerprint density at radius 1 is 1.16 bits per heavy atom. The van der Waals surface area contributed by atoms with Crippen molar-refractivity contribution in [1.82, 2.24) is 20.4 Å². The minimum atomic E-state index is -1.42. The number of carbonyl (C=O) groups is 2. The van der Waals surface area contributed by atoms with E-state index >= 15 is 0 Å². The van der Waals surface area contributed by atoms with Crippen LogP contribution in [0.3, 0.4) is 0 Å². The lowest BCUT2D eigenvalue weighted by molar-refractivity contribution is -0.148. The first-order valence-electron chi connectivity index (χ1n) is 13.1. The summed E-state index contributed by atoms with van der Waals surface area (Å²) in [6.07, 6.45) is 8.69. The van der Waals surface area contributed by atoms with Gasteiger partial charge in [0, 0.05) is 12.6 Å². The van der Waals surface area contributed by atoms with Gasteiger partial charge in [-0.05, 0) is 74.4 Å². The van der Waals surface area contributed by atoms with Crippen LogP contribution in [0.1, 0.15) is 49.1 Å². The maximum atomic E-state index is 11.0. The third-order valence-electron chi connectivity index (χ3n) is 6.56. The first-order valence-corrected chi connectivity index (χ1v) is 13.1. The Balaban J connectivity index is 1.24. The molecule has 4 rings (SSSR count). The van der Waals surface area contributed by atoms with Gasteiger partial charge in [0.2, 0.25) is 5.88 Å². The number of nitrogens with one attached hydrogen (secondary N) is 1. The summed E-state index contributed by atoms with van der Waals surface area (Å²) in [6, 6.07) is 9.77. The Kier molecular flexibility index (Phi) is 9.80. The second kappa shape index (κ2) is 13.7. The van der Waals surface area contributed by atoms with E-state index in [2.05, 4.69) is 26.5 Å². The summed E-state index contributed by atoms with van der Waals surface area (Å²) >= 11 is 0. The fourth-order valence-corrected chi connectivity index (χ4v) is 4.45. The number of pyridine rings is 1. The van der Waals surface area contributed by atoms with Crippen LogP contribution >= 0.6 is 0 Å². The molecular formula is C28H34N4O6. The molecule has 202 valence electrons. The van der Waals surface area contributed by atoms with Gasteiger partial charge in [0.25, 0.3) is 11.7 Å². The normalized spacial score (nSPS) is 13.5. The van der Waals surface area contributed by atoms with Crippen molar-refractivity contribution in [2.45, 2.75) is 51.9 Å². The van der Waals surface area contributed by atoms with E-state index in [9.17, 15) is 9.59 Å². The van der Waals surface area contributed by atoms with Gasteiger partial charge in [-0.25, -0.2) is 9.78 Å². The average molecular weight is 523 g/mol. The molecule has 0 bridgehead atoms. The van der Waals surface area contributed by atoms with E-state index < -0.39 is 11.8 Å². The summed E-state index contributed by atoms with van der Waals surface area (Å²) in [5.74, 6) is 0.673. The molecule has 2 aromatic heterocycles. The second-order valence-corrected chi connectivity index (χ2v) is 9.54. The molecule has 10 nitrogen and oxygen atoms in total. The summed E-state index contributed by atoms with van der Waals surface area (Å²) in [7, 11) is 0. The molecule has 0 spiro atoms. The van der Waals surface area contributed by atoms with Crippen molar-refractivity contribution in [2.24, 2.45) is 5.92 Å². The third-order valence-corrected chi connectivity index (χ3v) is 6.56. The van der Waals surface area contributed by atoms with Crippen LogP contribution in [-0.2, 0) is 22.4 Å². The van der Waals surface area contributed by atoms with Crippen LogP contribution in [0.4, 0.5) is 0 Å². The number of hydrogen-bond donors (Lipinski definition) is 2. The SMILES string of the molecule is Cc1cc(CCc2noc(-c3cccnc3OCC3CCCC3)n2)ccc1OCCCNCC(=O)C(=O)O. The van der Waals surface area contributed by atoms with Gasteiger partial charge in [-0.2, -0.15) is 4.98 Å². The van der Waals surface area contributed by atoms with Gasteiger partial charge in [-0.15, -0.1) is 0 Å². The maximum Gasteiger partial charge on any atom is 0.373 e. The number of hydrogen-bond acceptors (Lipinski definition) is 9. The quantitative estimate of drug-likeness (QED) is 0.224. The maximum absolute atomic E-state index is 11.0. The molecule has 1 aliphatic rings. The zero-order valence-corrected chi connectivity index (χ0v) is 21.6. The fraction of sp³-hybridized carbons (Fsp3) is 0.464. The van der Waals surface area contributed by atoms with E-state index in [1.165, 1.54) is 25.7 Å². The summed E-state index contributed by atoms with van der Waals surface area (Å²) in [5, 5.41) is 15.5. The Hall–Kier alpha value is -3.79. The van der Waals surface area contributed by atoms with E-state index in [-0.39, 0.29) is 6.54 Å². The smallest absolute Gasteiger partial charge is 0.373 e. The number of aromatic nitrogens is 3. The van der Waals surface area contributed by atoms with Crippen LogP contribution in [0.25, 0.3) is 11.5 Å². The van der Waals surface area contributed by atoms with E-state index in [4.69, 9.17) is 19.1 Å². The van der Waals surface area contributed by atoms with Gasteiger partial charge in [0.15, 0.2) is 5.82 Å². The van der Waals surface area contributed by atoms with Gasteiger partial charge < -0.3 is 24.4 Å². The highest BCUT2D eigenvalue weighted by molar-refractivity contribution is 6.33. The number of aliphatic carboxylic acids is 1. The lowest BCUT2D eigenvalue weighted by atomic mass is 10.1. The highest BCUT2D eigenvalue weighted by atomic mass is 16.5. The zero-order valence-electron chi connectivity index (χ0n) is 21.6. The predicted octanol–water partition coefficient (Wildman–Crippen LogP) is 3.81. The Bertz CT molecular complexity index is 1220. The first kappa shape index (κ1) is 27.3. The molecule has 0 aliphatic heterocycles. The number of benzene rings is 1. The van der Waals surface area contributed by atoms with Crippen molar-refractivity contribution in [2.75, 3.05) is 26.3 Å². The third kappa shape index (κ3) is 7.85. The molecule has 2 heterocycles. The minimum Gasteiger partial charge on any atom is -0.493 e. The molecular weight excluding hydrogens is 488 g/mol. The number of ether oxygens (including phenoxy) is 2. The van der Waals surface area contributed by atoms with Crippen molar-refractivity contribution in [3.63, 3.8) is 0 Å². The van der Waals surface area contributed by atoms with Crippen LogP contribution in [0.5, 0.6) is 11.6 Å². The molecule has 1 aromatic carbocycles. The van der Waals surface area contributed by atoms with Gasteiger partial charge in [0.1, 0.15) is 11.3 Å². The largest absolute Gasteiger partial charge is 0.493 e. The minimum absolute atomic E-state index is 0.178. The van der Waals surface area contributed by atoms with Crippen molar-refractivity contribution in [3.05, 3.63) is 53.5 Å². The molecule has 1 saturated carbocycles. The van der Waals surface area contributed by atoms with Crippen LogP contribution < -0.4 is 14.8 Å². The Morgan fingerprint density at radius 2 is 2.00 bits per heavy atom. The van der Waals surface area contributed by atoms with E-state index in [0.29, 0.717) is 61.7 Å². The monoisotopic (exact) mass is 522 g/mol. The van der Waals surface area contributed by atoms with Crippen molar-refractivity contribution in [3.8, 4) is 23.1 Å². The number of rotatable bonds is 15.